The highest BCUT2D eigenvalue weighted by Crippen LogP contribution is 2.32. The number of hydrogen-bond donors (Lipinski definition) is 0. The lowest BCUT2D eigenvalue weighted by molar-refractivity contribution is -0.137. The van der Waals surface area contributed by atoms with Gasteiger partial charge in [-0.1, -0.05) is 18.2 Å². The van der Waals surface area contributed by atoms with Crippen molar-refractivity contribution < 1.29 is 21.6 Å². The van der Waals surface area contributed by atoms with E-state index in [0.717, 1.165) is 22.5 Å². The van der Waals surface area contributed by atoms with E-state index in [1.54, 1.807) is 24.3 Å². The number of nitrogens with zero attached hydrogens (tertiary/aromatic N) is 3. The molecule has 0 radical (unpaired) electrons. The van der Waals surface area contributed by atoms with E-state index in [9.17, 15) is 26.4 Å². The second-order valence-corrected chi connectivity index (χ2v) is 8.57. The monoisotopic (exact) mass is 425 g/mol. The minimum atomic E-state index is -4.67. The third-order valence-corrected chi connectivity index (χ3v) is 6.70. The number of hydrogen-bond acceptors (Lipinski definition) is 4. The second kappa shape index (κ2) is 7.27. The Kier molecular flexibility index (Phi) is 5.26. The van der Waals surface area contributed by atoms with Crippen LogP contribution in [0.25, 0.3) is 10.9 Å². The molecule has 0 N–H and O–H groups in total. The van der Waals surface area contributed by atoms with Crippen LogP contribution in [-0.4, -0.2) is 29.3 Å². The first-order chi connectivity index (χ1) is 13.4. The Balaban J connectivity index is 2.06. The van der Waals surface area contributed by atoms with Crippen molar-refractivity contribution >= 4 is 20.9 Å². The average Bonchev–Trinajstić information content (AvgIpc) is 2.69. The molecule has 154 valence electrons. The summed E-state index contributed by atoms with van der Waals surface area (Å²) >= 11 is 0. The number of sulfonamides is 1. The number of alkyl halides is 3. The molecule has 2 aromatic carbocycles. The minimum Gasteiger partial charge on any atom is -0.298 e. The van der Waals surface area contributed by atoms with Gasteiger partial charge >= 0.3 is 6.18 Å². The molecule has 0 spiro atoms. The van der Waals surface area contributed by atoms with Crippen LogP contribution in [0.1, 0.15) is 24.4 Å². The third kappa shape index (κ3) is 3.77. The zero-order valence-electron chi connectivity index (χ0n) is 15.8. The first kappa shape index (κ1) is 21.0. The quantitative estimate of drug-likeness (QED) is 0.643. The fourth-order valence-electron chi connectivity index (χ4n) is 2.98. The Bertz CT molecular complexity index is 1240. The largest absolute Gasteiger partial charge is 0.416 e. The van der Waals surface area contributed by atoms with Gasteiger partial charge in [0.25, 0.3) is 5.56 Å². The van der Waals surface area contributed by atoms with Crippen LogP contribution < -0.4 is 5.56 Å². The summed E-state index contributed by atoms with van der Waals surface area (Å²) in [5.41, 5.74) is -1.000. The zero-order valence-corrected chi connectivity index (χ0v) is 16.6. The van der Waals surface area contributed by atoms with Crippen LogP contribution in [-0.2, 0) is 23.2 Å². The van der Waals surface area contributed by atoms with Crippen LogP contribution >= 0.6 is 0 Å². The molecular formula is C19H18F3N3O3S. The Morgan fingerprint density at radius 3 is 2.41 bits per heavy atom. The highest BCUT2D eigenvalue weighted by molar-refractivity contribution is 7.89. The van der Waals surface area contributed by atoms with E-state index in [2.05, 4.69) is 4.98 Å². The molecule has 29 heavy (non-hydrogen) atoms. The van der Waals surface area contributed by atoms with Gasteiger partial charge in [-0.15, -0.1) is 0 Å². The lowest BCUT2D eigenvalue weighted by atomic mass is 10.2. The molecule has 0 saturated carbocycles. The Morgan fingerprint density at radius 1 is 1.10 bits per heavy atom. The second-order valence-electron chi connectivity index (χ2n) is 6.57. The molecule has 1 heterocycles. The van der Waals surface area contributed by atoms with Gasteiger partial charge in [0.15, 0.2) is 0 Å². The van der Waals surface area contributed by atoms with Crippen molar-refractivity contribution in [1.29, 1.82) is 0 Å². The predicted molar refractivity (Wildman–Crippen MR) is 102 cm³/mol. The van der Waals surface area contributed by atoms with Crippen molar-refractivity contribution in [2.75, 3.05) is 7.05 Å². The normalized spacial score (nSPS) is 13.8. The summed E-state index contributed by atoms with van der Waals surface area (Å²) in [6, 6.07) is 9.26. The van der Waals surface area contributed by atoms with Crippen molar-refractivity contribution in [3.05, 3.63) is 70.3 Å². The van der Waals surface area contributed by atoms with Gasteiger partial charge in [-0.25, -0.2) is 13.4 Å². The van der Waals surface area contributed by atoms with Crippen molar-refractivity contribution in [2.24, 2.45) is 7.05 Å². The van der Waals surface area contributed by atoms with Gasteiger partial charge in [-0.2, -0.15) is 17.5 Å². The van der Waals surface area contributed by atoms with Gasteiger partial charge in [0.05, 0.1) is 27.4 Å². The molecule has 0 aliphatic heterocycles. The molecule has 0 fully saturated rings. The number of benzene rings is 2. The lowest BCUT2D eigenvalue weighted by Crippen LogP contribution is -2.34. The maximum absolute atomic E-state index is 13.0. The SMILES string of the molecule is CC(c1nc2ccccc2c(=O)n1C)N(C)S(=O)(=O)c1cccc(C(F)(F)F)c1. The van der Waals surface area contributed by atoms with Gasteiger partial charge in [0.2, 0.25) is 10.0 Å². The summed E-state index contributed by atoms with van der Waals surface area (Å²) in [5.74, 6) is 0.173. The number of halogens is 3. The van der Waals surface area contributed by atoms with E-state index in [1.165, 1.54) is 25.6 Å². The lowest BCUT2D eigenvalue weighted by Gasteiger charge is -2.25. The van der Waals surface area contributed by atoms with Gasteiger partial charge in [0, 0.05) is 14.1 Å². The number of rotatable bonds is 4. The molecule has 1 aromatic heterocycles. The molecule has 1 atom stereocenters. The maximum Gasteiger partial charge on any atom is 0.416 e. The minimum absolute atomic E-state index is 0.173. The highest BCUT2D eigenvalue weighted by Gasteiger charge is 2.34. The third-order valence-electron chi connectivity index (χ3n) is 4.78. The summed E-state index contributed by atoms with van der Waals surface area (Å²) in [4.78, 5) is 16.5. The molecule has 0 amide bonds. The zero-order chi connectivity index (χ0) is 21.6. The van der Waals surface area contributed by atoms with E-state index < -0.39 is 32.7 Å². The first-order valence-electron chi connectivity index (χ1n) is 8.55. The van der Waals surface area contributed by atoms with Crippen LogP contribution in [0.2, 0.25) is 0 Å². The van der Waals surface area contributed by atoms with Crippen LogP contribution in [0.4, 0.5) is 13.2 Å². The summed E-state index contributed by atoms with van der Waals surface area (Å²) in [6.45, 7) is 1.52. The highest BCUT2D eigenvalue weighted by atomic mass is 32.2. The van der Waals surface area contributed by atoms with Gasteiger partial charge in [-0.3, -0.25) is 9.36 Å². The Morgan fingerprint density at radius 2 is 1.76 bits per heavy atom. The molecule has 6 nitrogen and oxygen atoms in total. The number of fused-ring (bicyclic) bond motifs is 1. The average molecular weight is 425 g/mol. The summed E-state index contributed by atoms with van der Waals surface area (Å²) in [7, 11) is -1.57. The van der Waals surface area contributed by atoms with Gasteiger partial charge in [-0.05, 0) is 37.3 Å². The smallest absolute Gasteiger partial charge is 0.298 e. The molecule has 0 saturated heterocycles. The van der Waals surface area contributed by atoms with Crippen molar-refractivity contribution in [2.45, 2.75) is 24.0 Å². The Labute approximate surface area is 165 Å². The van der Waals surface area contributed by atoms with Crippen LogP contribution in [0, 0.1) is 0 Å². The number of aromatic nitrogens is 2. The van der Waals surface area contributed by atoms with E-state index in [4.69, 9.17) is 0 Å². The molecule has 0 aliphatic carbocycles. The fourth-order valence-corrected chi connectivity index (χ4v) is 4.35. The standard InChI is InChI=1S/C19H18F3N3O3S/c1-12(17-23-16-10-5-4-9-15(16)18(26)24(17)2)25(3)29(27,28)14-8-6-7-13(11-14)19(20,21)22/h4-12H,1-3H3. The molecule has 0 aliphatic rings. The van der Waals surface area contributed by atoms with E-state index >= 15 is 0 Å². The summed E-state index contributed by atoms with van der Waals surface area (Å²) in [6.07, 6.45) is -4.67. The Hall–Kier alpha value is -2.72. The molecule has 3 aromatic rings. The van der Waals surface area contributed by atoms with Crippen LogP contribution in [0.5, 0.6) is 0 Å². The summed E-state index contributed by atoms with van der Waals surface area (Å²) < 4.78 is 66.9. The van der Waals surface area contributed by atoms with E-state index in [-0.39, 0.29) is 11.4 Å². The fraction of sp³-hybridized carbons (Fsp3) is 0.263. The van der Waals surface area contributed by atoms with Gasteiger partial charge in [0.1, 0.15) is 5.82 Å². The van der Waals surface area contributed by atoms with Crippen LogP contribution in [0.3, 0.4) is 0 Å². The molecule has 3 rings (SSSR count). The maximum atomic E-state index is 13.0. The molecule has 0 bridgehead atoms. The molecule has 1 unspecified atom stereocenters. The van der Waals surface area contributed by atoms with Gasteiger partial charge < -0.3 is 0 Å². The first-order valence-corrected chi connectivity index (χ1v) is 9.99. The topological polar surface area (TPSA) is 72.3 Å². The van der Waals surface area contributed by atoms with Crippen molar-refractivity contribution in [3.8, 4) is 0 Å². The van der Waals surface area contributed by atoms with Crippen molar-refractivity contribution in [1.82, 2.24) is 13.9 Å². The van der Waals surface area contributed by atoms with E-state index in [0.29, 0.717) is 17.0 Å². The predicted octanol–water partition coefficient (Wildman–Crippen LogP) is 3.33. The molecular weight excluding hydrogens is 407 g/mol. The van der Waals surface area contributed by atoms with Crippen LogP contribution in [0.15, 0.2) is 58.2 Å². The van der Waals surface area contributed by atoms with E-state index in [1.807, 2.05) is 0 Å². The number of para-hydroxylation sites is 1. The molecule has 10 heteroatoms. The summed E-state index contributed by atoms with van der Waals surface area (Å²) in [5, 5.41) is 0.384. The van der Waals surface area contributed by atoms with Crippen molar-refractivity contribution in [3.63, 3.8) is 0 Å².